The van der Waals surface area contributed by atoms with Crippen LogP contribution in [0.2, 0.25) is 0 Å². The first kappa shape index (κ1) is 19.8. The lowest BCUT2D eigenvalue weighted by Crippen LogP contribution is -2.42. The number of hydrogen-bond acceptors (Lipinski definition) is 3. The summed E-state index contributed by atoms with van der Waals surface area (Å²) in [6.45, 7) is 0. The number of aromatic nitrogens is 1. The minimum atomic E-state index is -1.01. The van der Waals surface area contributed by atoms with Crippen molar-refractivity contribution in [1.29, 1.82) is 0 Å². The summed E-state index contributed by atoms with van der Waals surface area (Å²) in [5.74, 6) is -0.582. The minimum Gasteiger partial charge on any atom is -0.361 e. The number of aromatic amines is 1. The molecule has 0 saturated carbocycles. The van der Waals surface area contributed by atoms with Crippen molar-refractivity contribution in [2.24, 2.45) is 4.99 Å². The number of carbonyl (C=O) groups is 2. The van der Waals surface area contributed by atoms with Crippen LogP contribution in [0.5, 0.6) is 0 Å². The van der Waals surface area contributed by atoms with Crippen molar-refractivity contribution in [3.8, 4) is 0 Å². The van der Waals surface area contributed by atoms with E-state index in [4.69, 9.17) is 0 Å². The number of aryl methyl sites for hydroxylation is 1. The van der Waals surface area contributed by atoms with Crippen LogP contribution in [-0.2, 0) is 16.0 Å². The summed E-state index contributed by atoms with van der Waals surface area (Å²) < 4.78 is 0. The molecular formula is C26H22N4O2. The Morgan fingerprint density at radius 2 is 1.69 bits per heavy atom. The van der Waals surface area contributed by atoms with Gasteiger partial charge >= 0.3 is 0 Å². The quantitative estimate of drug-likeness (QED) is 0.454. The van der Waals surface area contributed by atoms with Crippen molar-refractivity contribution in [2.45, 2.75) is 19.0 Å². The van der Waals surface area contributed by atoms with Crippen molar-refractivity contribution in [3.63, 3.8) is 0 Å². The molecule has 3 N–H and O–H groups in total. The van der Waals surface area contributed by atoms with E-state index >= 15 is 0 Å². The minimum absolute atomic E-state index is 0.224. The summed E-state index contributed by atoms with van der Waals surface area (Å²) >= 11 is 0. The van der Waals surface area contributed by atoms with Crippen LogP contribution in [0.15, 0.2) is 90.1 Å². The molecule has 6 heteroatoms. The molecule has 1 aliphatic rings. The monoisotopic (exact) mass is 422 g/mol. The normalized spacial score (nSPS) is 15.4. The Labute approximate surface area is 185 Å². The van der Waals surface area contributed by atoms with E-state index in [1.807, 2.05) is 85.1 Å². The van der Waals surface area contributed by atoms with E-state index in [9.17, 15) is 9.59 Å². The standard InChI is InChI=1S/C26H22N4O2/c31-23(15-14-18-16-27-21-12-6-4-10-19(18)21)29-25-26(32)28-22-13-7-5-11-20(22)24(30-25)17-8-2-1-3-9-17/h1-13,16,25,27H,14-15H2,(H,28,32)(H,29,31). The third-order valence-electron chi connectivity index (χ3n) is 5.59. The molecule has 0 spiro atoms. The molecule has 3 aromatic carbocycles. The van der Waals surface area contributed by atoms with Gasteiger partial charge in [0.15, 0.2) is 0 Å². The number of fused-ring (bicyclic) bond motifs is 2. The maximum absolute atomic E-state index is 12.9. The van der Waals surface area contributed by atoms with Gasteiger partial charge in [-0.3, -0.25) is 9.59 Å². The number of rotatable bonds is 5. The lowest BCUT2D eigenvalue weighted by Gasteiger charge is -2.13. The first-order chi connectivity index (χ1) is 15.7. The first-order valence-electron chi connectivity index (χ1n) is 10.6. The number of benzene rings is 3. The van der Waals surface area contributed by atoms with E-state index in [1.165, 1.54) is 0 Å². The Morgan fingerprint density at radius 3 is 2.56 bits per heavy atom. The van der Waals surface area contributed by atoms with Crippen LogP contribution in [0, 0.1) is 0 Å². The predicted molar refractivity (Wildman–Crippen MR) is 126 cm³/mol. The second-order valence-electron chi connectivity index (χ2n) is 7.71. The molecule has 4 aromatic rings. The summed E-state index contributed by atoms with van der Waals surface area (Å²) in [4.78, 5) is 33.5. The van der Waals surface area contributed by atoms with E-state index < -0.39 is 6.17 Å². The van der Waals surface area contributed by atoms with E-state index in [0.717, 1.165) is 27.6 Å². The van der Waals surface area contributed by atoms with Crippen molar-refractivity contribution in [3.05, 3.63) is 102 Å². The molecule has 158 valence electrons. The Kier molecular flexibility index (Phi) is 5.25. The van der Waals surface area contributed by atoms with Crippen LogP contribution < -0.4 is 10.6 Å². The number of nitrogens with one attached hydrogen (secondary N) is 3. The van der Waals surface area contributed by atoms with E-state index in [1.54, 1.807) is 0 Å². The number of aliphatic imine (C=N–C) groups is 1. The van der Waals surface area contributed by atoms with Crippen LogP contribution in [0.3, 0.4) is 0 Å². The molecule has 0 saturated heterocycles. The second-order valence-corrected chi connectivity index (χ2v) is 7.71. The van der Waals surface area contributed by atoms with Crippen LogP contribution in [0.25, 0.3) is 10.9 Å². The van der Waals surface area contributed by atoms with E-state index in [2.05, 4.69) is 20.6 Å². The Bertz CT molecular complexity index is 1320. The molecule has 2 heterocycles. The molecule has 1 aromatic heterocycles. The topological polar surface area (TPSA) is 86.3 Å². The molecule has 0 radical (unpaired) electrons. The van der Waals surface area contributed by atoms with E-state index in [0.29, 0.717) is 17.8 Å². The summed E-state index contributed by atoms with van der Waals surface area (Å²) in [6.07, 6.45) is 1.75. The van der Waals surface area contributed by atoms with Crippen molar-refractivity contribution >= 4 is 34.1 Å². The van der Waals surface area contributed by atoms with Crippen LogP contribution in [0.4, 0.5) is 5.69 Å². The van der Waals surface area contributed by atoms with Gasteiger partial charge in [-0.1, -0.05) is 66.7 Å². The van der Waals surface area contributed by atoms with Gasteiger partial charge < -0.3 is 15.6 Å². The van der Waals surface area contributed by atoms with Gasteiger partial charge in [0.2, 0.25) is 12.1 Å². The molecule has 1 atom stereocenters. The Hall–Kier alpha value is -4.19. The van der Waals surface area contributed by atoms with Crippen LogP contribution in [0.1, 0.15) is 23.1 Å². The Morgan fingerprint density at radius 1 is 0.938 bits per heavy atom. The molecule has 1 aliphatic heterocycles. The SMILES string of the molecule is O=C(CCc1c[nH]c2ccccc12)NC1N=C(c2ccccc2)c2ccccc2NC1=O. The number of hydrogen-bond donors (Lipinski definition) is 3. The fraction of sp³-hybridized carbons (Fsp3) is 0.115. The smallest absolute Gasteiger partial charge is 0.269 e. The zero-order valence-corrected chi connectivity index (χ0v) is 17.3. The maximum Gasteiger partial charge on any atom is 0.269 e. The van der Waals surface area contributed by atoms with Gasteiger partial charge in [0.05, 0.1) is 11.4 Å². The third kappa shape index (κ3) is 3.90. The molecular weight excluding hydrogens is 400 g/mol. The van der Waals surface area contributed by atoms with Gasteiger partial charge in [-0.15, -0.1) is 0 Å². The van der Waals surface area contributed by atoms with Crippen LogP contribution in [-0.4, -0.2) is 28.7 Å². The number of benzodiazepines with no additional fused rings is 1. The van der Waals surface area contributed by atoms with E-state index in [-0.39, 0.29) is 18.2 Å². The summed E-state index contributed by atoms with van der Waals surface area (Å²) in [7, 11) is 0. The summed E-state index contributed by atoms with van der Waals surface area (Å²) in [5.41, 5.74) is 5.16. The average Bonchev–Trinajstić information content (AvgIpc) is 3.18. The number of nitrogens with zero attached hydrogens (tertiary/aromatic N) is 1. The van der Waals surface area contributed by atoms with Gasteiger partial charge in [-0.2, -0.15) is 0 Å². The molecule has 1 unspecified atom stereocenters. The zero-order valence-electron chi connectivity index (χ0n) is 17.3. The molecule has 0 aliphatic carbocycles. The average molecular weight is 422 g/mol. The number of para-hydroxylation sites is 2. The van der Waals surface area contributed by atoms with Gasteiger partial charge in [0.1, 0.15) is 0 Å². The fourth-order valence-corrected chi connectivity index (χ4v) is 3.99. The van der Waals surface area contributed by atoms with Gasteiger partial charge in [0.25, 0.3) is 5.91 Å². The maximum atomic E-state index is 12.9. The predicted octanol–water partition coefficient (Wildman–Crippen LogP) is 4.03. The van der Waals surface area contributed by atoms with Gasteiger partial charge in [0, 0.05) is 34.6 Å². The zero-order chi connectivity index (χ0) is 21.9. The summed E-state index contributed by atoms with van der Waals surface area (Å²) in [5, 5.41) is 6.81. The molecule has 0 fully saturated rings. The number of H-pyrrole nitrogens is 1. The lowest BCUT2D eigenvalue weighted by atomic mass is 10.0. The highest BCUT2D eigenvalue weighted by Gasteiger charge is 2.26. The number of amides is 2. The molecule has 6 nitrogen and oxygen atoms in total. The number of anilines is 1. The molecule has 0 bridgehead atoms. The largest absolute Gasteiger partial charge is 0.361 e. The highest BCUT2D eigenvalue weighted by atomic mass is 16.2. The van der Waals surface area contributed by atoms with Crippen molar-refractivity contribution in [1.82, 2.24) is 10.3 Å². The second kappa shape index (κ2) is 8.51. The van der Waals surface area contributed by atoms with Gasteiger partial charge in [-0.05, 0) is 24.1 Å². The molecule has 2 amide bonds. The fourth-order valence-electron chi connectivity index (χ4n) is 3.99. The highest BCUT2D eigenvalue weighted by Crippen LogP contribution is 2.24. The van der Waals surface area contributed by atoms with Crippen LogP contribution >= 0.6 is 0 Å². The van der Waals surface area contributed by atoms with Crippen molar-refractivity contribution < 1.29 is 9.59 Å². The van der Waals surface area contributed by atoms with Gasteiger partial charge in [-0.25, -0.2) is 4.99 Å². The third-order valence-corrected chi connectivity index (χ3v) is 5.59. The van der Waals surface area contributed by atoms with Crippen molar-refractivity contribution in [2.75, 3.05) is 5.32 Å². The first-order valence-corrected chi connectivity index (χ1v) is 10.6. The highest BCUT2D eigenvalue weighted by molar-refractivity contribution is 6.19. The molecule has 5 rings (SSSR count). The Balaban J connectivity index is 1.37. The lowest BCUT2D eigenvalue weighted by molar-refractivity contribution is -0.126. The molecule has 32 heavy (non-hydrogen) atoms. The number of carbonyl (C=O) groups excluding carboxylic acids is 2. The summed E-state index contributed by atoms with van der Waals surface area (Å²) in [6, 6.07) is 25.2.